The van der Waals surface area contributed by atoms with Crippen molar-refractivity contribution < 1.29 is 18.0 Å². The molecule has 3 rings (SSSR count). The number of aromatic nitrogens is 2. The van der Waals surface area contributed by atoms with Gasteiger partial charge in [0.1, 0.15) is 8.07 Å². The predicted octanol–water partition coefficient (Wildman–Crippen LogP) is 3.77. The van der Waals surface area contributed by atoms with Crippen molar-refractivity contribution in [3.8, 4) is 11.5 Å². The average Bonchev–Trinajstić information content (AvgIpc) is 2.72. The van der Waals surface area contributed by atoms with Crippen molar-refractivity contribution in [1.29, 1.82) is 0 Å². The van der Waals surface area contributed by atoms with Crippen LogP contribution in [0, 0.1) is 11.5 Å². The summed E-state index contributed by atoms with van der Waals surface area (Å²) in [4.78, 5) is 24.7. The molecule has 31 heavy (non-hydrogen) atoms. The highest BCUT2D eigenvalue weighted by molar-refractivity contribution is 6.84. The van der Waals surface area contributed by atoms with Crippen LogP contribution < -0.4 is 10.2 Å². The van der Waals surface area contributed by atoms with Gasteiger partial charge in [0.15, 0.2) is 11.6 Å². The van der Waals surface area contributed by atoms with Gasteiger partial charge in [-0.25, -0.2) is 9.97 Å². The van der Waals surface area contributed by atoms with Crippen LogP contribution in [0.1, 0.15) is 5.56 Å². The van der Waals surface area contributed by atoms with Crippen LogP contribution in [0.2, 0.25) is 19.6 Å². The maximum atomic E-state index is 12.8. The molecule has 164 valence electrons. The number of piperazine rings is 1. The van der Waals surface area contributed by atoms with Crippen LogP contribution in [0.3, 0.4) is 0 Å². The minimum Gasteiger partial charge on any atom is -0.350 e. The first-order valence-electron chi connectivity index (χ1n) is 9.85. The molecule has 10 heteroatoms. The molecule has 1 aromatic carbocycles. The van der Waals surface area contributed by atoms with E-state index < -0.39 is 19.8 Å². The highest BCUT2D eigenvalue weighted by atomic mass is 28.3. The van der Waals surface area contributed by atoms with Crippen LogP contribution in [0.4, 0.5) is 30.5 Å². The molecule has 1 aliphatic rings. The molecule has 0 saturated carbocycles. The number of carbonyl (C=O) groups is 1. The van der Waals surface area contributed by atoms with Gasteiger partial charge in [0.25, 0.3) is 5.91 Å². The molecule has 2 heterocycles. The molecular formula is C21H24F3N5OSi. The van der Waals surface area contributed by atoms with Crippen molar-refractivity contribution in [1.82, 2.24) is 14.9 Å². The fourth-order valence-electron chi connectivity index (χ4n) is 2.97. The summed E-state index contributed by atoms with van der Waals surface area (Å²) < 4.78 is 38.3. The molecule has 1 N–H and O–H groups in total. The minimum atomic E-state index is -4.38. The molecule has 1 amide bonds. The number of alkyl halides is 3. The lowest BCUT2D eigenvalue weighted by molar-refractivity contribution is -0.137. The molecule has 0 bridgehead atoms. The van der Waals surface area contributed by atoms with E-state index in [1.54, 1.807) is 11.1 Å². The van der Waals surface area contributed by atoms with E-state index in [9.17, 15) is 18.0 Å². The Bertz CT molecular complexity index is 985. The highest BCUT2D eigenvalue weighted by Crippen LogP contribution is 2.31. The Morgan fingerprint density at radius 2 is 1.65 bits per heavy atom. The third-order valence-corrected chi connectivity index (χ3v) is 5.44. The van der Waals surface area contributed by atoms with Gasteiger partial charge in [-0.2, -0.15) is 13.2 Å². The van der Waals surface area contributed by atoms with E-state index in [1.165, 1.54) is 18.3 Å². The molecule has 0 radical (unpaired) electrons. The second-order valence-corrected chi connectivity index (χ2v) is 13.0. The summed E-state index contributed by atoms with van der Waals surface area (Å²) >= 11 is 0. The van der Waals surface area contributed by atoms with Crippen LogP contribution in [-0.4, -0.2) is 55.0 Å². The zero-order chi connectivity index (χ0) is 22.6. The summed E-state index contributed by atoms with van der Waals surface area (Å²) in [5.74, 6) is 3.63. The van der Waals surface area contributed by atoms with Crippen molar-refractivity contribution in [2.45, 2.75) is 25.8 Å². The molecule has 1 fully saturated rings. The number of nitrogens with one attached hydrogen (secondary N) is 1. The summed E-state index contributed by atoms with van der Waals surface area (Å²) in [5, 5.41) is 3.04. The van der Waals surface area contributed by atoms with Gasteiger partial charge in [-0.1, -0.05) is 19.6 Å². The molecule has 0 atom stereocenters. The number of carbonyl (C=O) groups excluding carboxylic acids is 1. The van der Waals surface area contributed by atoms with Crippen LogP contribution in [0.25, 0.3) is 0 Å². The largest absolute Gasteiger partial charge is 0.416 e. The van der Waals surface area contributed by atoms with Gasteiger partial charge in [0.05, 0.1) is 5.56 Å². The fraction of sp³-hybridized carbons (Fsp3) is 0.381. The van der Waals surface area contributed by atoms with Crippen LogP contribution >= 0.6 is 0 Å². The Balaban J connectivity index is 1.67. The van der Waals surface area contributed by atoms with Gasteiger partial charge in [0, 0.05) is 44.3 Å². The van der Waals surface area contributed by atoms with E-state index in [-0.39, 0.29) is 5.91 Å². The lowest BCUT2D eigenvalue weighted by atomic mass is 10.2. The van der Waals surface area contributed by atoms with E-state index >= 15 is 0 Å². The molecular weight excluding hydrogens is 423 g/mol. The number of anilines is 3. The van der Waals surface area contributed by atoms with Crippen LogP contribution in [-0.2, 0) is 11.0 Å². The van der Waals surface area contributed by atoms with E-state index in [1.807, 2.05) is 4.90 Å². The first-order valence-corrected chi connectivity index (χ1v) is 13.4. The maximum Gasteiger partial charge on any atom is 0.416 e. The van der Waals surface area contributed by atoms with Gasteiger partial charge in [-0.15, -0.1) is 5.54 Å². The van der Waals surface area contributed by atoms with Crippen molar-refractivity contribution in [2.24, 2.45) is 0 Å². The Labute approximate surface area is 180 Å². The standard InChI is InChI=1S/C21H24F3N5OSi/c1-31(2,3)15-8-18(30)28-11-13-29(14-12-28)20-19(25-9-10-26-20)27-17-6-4-16(5-7-17)21(22,23)24/h4-7,9-10H,11-14H2,1-3H3,(H,25,27). The lowest BCUT2D eigenvalue weighted by Gasteiger charge is -2.35. The molecule has 6 nitrogen and oxygen atoms in total. The summed E-state index contributed by atoms with van der Waals surface area (Å²) in [6, 6.07) is 4.75. The first-order chi connectivity index (χ1) is 14.5. The number of nitrogens with zero attached hydrogens (tertiary/aromatic N) is 4. The zero-order valence-corrected chi connectivity index (χ0v) is 18.6. The average molecular weight is 448 g/mol. The number of rotatable bonds is 3. The number of amides is 1. The molecule has 0 aliphatic carbocycles. The molecule has 1 aromatic heterocycles. The molecule has 2 aromatic rings. The van der Waals surface area contributed by atoms with Gasteiger partial charge < -0.3 is 15.1 Å². The fourth-order valence-corrected chi connectivity index (χ4v) is 3.45. The Kier molecular flexibility index (Phi) is 6.55. The Morgan fingerprint density at radius 1 is 1.03 bits per heavy atom. The third kappa shape index (κ3) is 6.21. The molecule has 1 aliphatic heterocycles. The minimum absolute atomic E-state index is 0.163. The molecule has 0 spiro atoms. The molecule has 0 unspecified atom stereocenters. The number of halogens is 3. The smallest absolute Gasteiger partial charge is 0.350 e. The van der Waals surface area contributed by atoms with Crippen molar-refractivity contribution in [2.75, 3.05) is 36.4 Å². The summed E-state index contributed by atoms with van der Waals surface area (Å²) in [7, 11) is -1.62. The normalized spacial score (nSPS) is 14.6. The van der Waals surface area contributed by atoms with Crippen LogP contribution in [0.5, 0.6) is 0 Å². The van der Waals surface area contributed by atoms with Crippen LogP contribution in [0.15, 0.2) is 36.7 Å². The van der Waals surface area contributed by atoms with Crippen molar-refractivity contribution in [3.05, 3.63) is 42.2 Å². The van der Waals surface area contributed by atoms with E-state index in [4.69, 9.17) is 0 Å². The summed E-state index contributed by atoms with van der Waals surface area (Å²) in [5.41, 5.74) is 2.86. The maximum absolute atomic E-state index is 12.8. The van der Waals surface area contributed by atoms with Gasteiger partial charge in [0.2, 0.25) is 0 Å². The van der Waals surface area contributed by atoms with Crippen molar-refractivity contribution in [3.63, 3.8) is 0 Å². The second kappa shape index (κ2) is 8.97. The van der Waals surface area contributed by atoms with Crippen molar-refractivity contribution >= 4 is 31.3 Å². The summed E-state index contributed by atoms with van der Waals surface area (Å²) in [6.45, 7) is 8.39. The monoisotopic (exact) mass is 447 g/mol. The lowest BCUT2D eigenvalue weighted by Crippen LogP contribution is -2.49. The topological polar surface area (TPSA) is 61.4 Å². The quantitative estimate of drug-likeness (QED) is 0.573. The first kappa shape index (κ1) is 22.6. The Morgan fingerprint density at radius 3 is 2.23 bits per heavy atom. The molecule has 1 saturated heterocycles. The SMILES string of the molecule is C[Si](C)(C)C#CC(=O)N1CCN(c2nccnc2Nc2ccc(C(F)(F)F)cc2)CC1. The second-order valence-electron chi connectivity index (χ2n) is 8.21. The van der Waals surface area contributed by atoms with E-state index in [0.29, 0.717) is 43.5 Å². The summed E-state index contributed by atoms with van der Waals surface area (Å²) in [6.07, 6.45) is -1.31. The number of benzene rings is 1. The van der Waals surface area contributed by atoms with E-state index in [0.717, 1.165) is 12.1 Å². The Hall–Kier alpha value is -3.06. The zero-order valence-electron chi connectivity index (χ0n) is 17.6. The van der Waals surface area contributed by atoms with Gasteiger partial charge >= 0.3 is 6.18 Å². The predicted molar refractivity (Wildman–Crippen MR) is 117 cm³/mol. The van der Waals surface area contributed by atoms with Gasteiger partial charge in [-0.3, -0.25) is 4.79 Å². The van der Waals surface area contributed by atoms with E-state index in [2.05, 4.69) is 46.4 Å². The highest BCUT2D eigenvalue weighted by Gasteiger charge is 2.30. The van der Waals surface area contributed by atoms with Gasteiger partial charge in [-0.05, 0) is 30.2 Å². The number of hydrogen-bond acceptors (Lipinski definition) is 5. The third-order valence-electron chi connectivity index (χ3n) is 4.56. The number of hydrogen-bond donors (Lipinski definition) is 1.